The fourth-order valence-corrected chi connectivity index (χ4v) is 3.34. The molecule has 0 aliphatic carbocycles. The number of benzene rings is 2. The second-order valence-electron chi connectivity index (χ2n) is 6.21. The molecule has 0 amide bonds. The lowest BCUT2D eigenvalue weighted by Gasteiger charge is -2.43. The molecule has 6 heteroatoms. The van der Waals surface area contributed by atoms with Crippen LogP contribution in [0.25, 0.3) is 0 Å². The van der Waals surface area contributed by atoms with Crippen molar-refractivity contribution in [1.29, 1.82) is 0 Å². The van der Waals surface area contributed by atoms with Gasteiger partial charge in [0, 0.05) is 38.2 Å². The summed E-state index contributed by atoms with van der Waals surface area (Å²) in [6.07, 6.45) is 0.180. The van der Waals surface area contributed by atoms with E-state index in [1.54, 1.807) is 32.4 Å². The SMILES string of the molecule is CCOC1Cc2cc(OC(C)=O)ccc2OC1(OC)c1ccc(OC)cc1. The van der Waals surface area contributed by atoms with E-state index in [1.807, 2.05) is 31.2 Å². The van der Waals surface area contributed by atoms with Crippen LogP contribution in [0.2, 0.25) is 0 Å². The van der Waals surface area contributed by atoms with Crippen LogP contribution < -0.4 is 14.2 Å². The summed E-state index contributed by atoms with van der Waals surface area (Å²) in [5, 5.41) is 0. The third-order valence-corrected chi connectivity index (χ3v) is 4.55. The first-order valence-electron chi connectivity index (χ1n) is 8.84. The molecule has 0 aromatic heterocycles. The van der Waals surface area contributed by atoms with Crippen molar-refractivity contribution in [2.45, 2.75) is 32.2 Å². The molecule has 0 N–H and O–H groups in total. The smallest absolute Gasteiger partial charge is 0.308 e. The summed E-state index contributed by atoms with van der Waals surface area (Å²) in [7, 11) is 3.23. The maximum atomic E-state index is 11.2. The molecule has 0 spiro atoms. The van der Waals surface area contributed by atoms with E-state index in [0.29, 0.717) is 24.5 Å². The molecule has 2 aromatic carbocycles. The minimum atomic E-state index is -1.09. The minimum Gasteiger partial charge on any atom is -0.497 e. The molecule has 0 radical (unpaired) electrons. The van der Waals surface area contributed by atoms with Crippen LogP contribution in [-0.2, 0) is 26.5 Å². The zero-order chi connectivity index (χ0) is 19.4. The maximum absolute atomic E-state index is 11.2. The molecule has 1 aliphatic heterocycles. The van der Waals surface area contributed by atoms with Crippen molar-refractivity contribution in [2.24, 2.45) is 0 Å². The molecule has 2 atom stereocenters. The number of esters is 1. The van der Waals surface area contributed by atoms with Gasteiger partial charge in [-0.15, -0.1) is 0 Å². The van der Waals surface area contributed by atoms with Gasteiger partial charge in [0.15, 0.2) is 0 Å². The van der Waals surface area contributed by atoms with E-state index in [0.717, 1.165) is 16.9 Å². The Hall–Kier alpha value is -2.57. The van der Waals surface area contributed by atoms with Crippen molar-refractivity contribution >= 4 is 5.97 Å². The van der Waals surface area contributed by atoms with Crippen molar-refractivity contribution in [3.63, 3.8) is 0 Å². The van der Waals surface area contributed by atoms with Gasteiger partial charge in [-0.1, -0.05) is 0 Å². The Balaban J connectivity index is 2.01. The fourth-order valence-electron chi connectivity index (χ4n) is 3.34. The maximum Gasteiger partial charge on any atom is 0.308 e. The number of hydrogen-bond acceptors (Lipinski definition) is 6. The third-order valence-electron chi connectivity index (χ3n) is 4.55. The monoisotopic (exact) mass is 372 g/mol. The number of ether oxygens (including phenoxy) is 5. The Kier molecular flexibility index (Phi) is 5.68. The average Bonchev–Trinajstić information content (AvgIpc) is 2.67. The van der Waals surface area contributed by atoms with E-state index >= 15 is 0 Å². The van der Waals surface area contributed by atoms with Crippen LogP contribution >= 0.6 is 0 Å². The zero-order valence-electron chi connectivity index (χ0n) is 16.0. The Morgan fingerprint density at radius 3 is 2.44 bits per heavy atom. The number of methoxy groups -OCH3 is 2. The second-order valence-corrected chi connectivity index (χ2v) is 6.21. The molecule has 2 unspecified atom stereocenters. The largest absolute Gasteiger partial charge is 0.497 e. The normalized spacial score (nSPS) is 21.1. The summed E-state index contributed by atoms with van der Waals surface area (Å²) in [6.45, 7) is 3.81. The van der Waals surface area contributed by atoms with E-state index in [9.17, 15) is 4.79 Å². The van der Waals surface area contributed by atoms with Gasteiger partial charge in [-0.3, -0.25) is 4.79 Å². The van der Waals surface area contributed by atoms with Gasteiger partial charge in [-0.05, 0) is 49.4 Å². The zero-order valence-corrected chi connectivity index (χ0v) is 16.0. The molecule has 6 nitrogen and oxygen atoms in total. The van der Waals surface area contributed by atoms with Gasteiger partial charge < -0.3 is 23.7 Å². The Labute approximate surface area is 158 Å². The quantitative estimate of drug-likeness (QED) is 0.572. The number of hydrogen-bond donors (Lipinski definition) is 0. The van der Waals surface area contributed by atoms with Crippen LogP contribution in [0.1, 0.15) is 25.0 Å². The molecule has 1 heterocycles. The topological polar surface area (TPSA) is 63.2 Å². The lowest BCUT2D eigenvalue weighted by molar-refractivity contribution is -0.252. The predicted octanol–water partition coefficient (Wildman–Crippen LogP) is 3.46. The van der Waals surface area contributed by atoms with Gasteiger partial charge >= 0.3 is 5.97 Å². The highest BCUT2D eigenvalue weighted by atomic mass is 16.7. The van der Waals surface area contributed by atoms with E-state index < -0.39 is 5.79 Å². The summed E-state index contributed by atoms with van der Waals surface area (Å²) in [6, 6.07) is 12.8. The van der Waals surface area contributed by atoms with Crippen LogP contribution in [-0.4, -0.2) is 32.9 Å². The van der Waals surface area contributed by atoms with Gasteiger partial charge in [-0.25, -0.2) is 0 Å². The number of carbonyl (C=O) groups excluding carboxylic acids is 1. The number of fused-ring (bicyclic) bond motifs is 1. The van der Waals surface area contributed by atoms with Gasteiger partial charge in [0.2, 0.25) is 0 Å². The summed E-state index contributed by atoms with van der Waals surface area (Å²) in [5.74, 6) is 0.449. The van der Waals surface area contributed by atoms with Crippen LogP contribution in [0.3, 0.4) is 0 Å². The van der Waals surface area contributed by atoms with Crippen LogP contribution in [0.4, 0.5) is 0 Å². The molecule has 144 valence electrons. The van der Waals surface area contributed by atoms with E-state index in [-0.39, 0.29) is 12.1 Å². The molecular formula is C21H24O6. The average molecular weight is 372 g/mol. The van der Waals surface area contributed by atoms with Gasteiger partial charge in [0.05, 0.1) is 7.11 Å². The molecule has 0 bridgehead atoms. The first-order chi connectivity index (χ1) is 13.0. The molecule has 0 saturated heterocycles. The standard InChI is InChI=1S/C21H24O6/c1-5-25-20-13-15-12-18(26-14(2)22)10-11-19(15)27-21(20,24-4)16-6-8-17(23-3)9-7-16/h6-12,20H,5,13H2,1-4H3. The second kappa shape index (κ2) is 7.98. The molecule has 1 aliphatic rings. The van der Waals surface area contributed by atoms with E-state index in [4.69, 9.17) is 23.7 Å². The summed E-state index contributed by atoms with van der Waals surface area (Å²) in [4.78, 5) is 11.2. The first kappa shape index (κ1) is 19.2. The Morgan fingerprint density at radius 1 is 1.15 bits per heavy atom. The van der Waals surface area contributed by atoms with E-state index in [2.05, 4.69) is 0 Å². The molecule has 27 heavy (non-hydrogen) atoms. The highest BCUT2D eigenvalue weighted by molar-refractivity contribution is 5.69. The van der Waals surface area contributed by atoms with Crippen molar-refractivity contribution in [3.8, 4) is 17.2 Å². The van der Waals surface area contributed by atoms with Gasteiger partial charge in [0.1, 0.15) is 23.4 Å². The molecule has 0 fully saturated rings. The van der Waals surface area contributed by atoms with Crippen molar-refractivity contribution in [1.82, 2.24) is 0 Å². The molecular weight excluding hydrogens is 348 g/mol. The number of rotatable bonds is 6. The van der Waals surface area contributed by atoms with Crippen LogP contribution in [0.5, 0.6) is 17.2 Å². The fraction of sp³-hybridized carbons (Fsp3) is 0.381. The van der Waals surface area contributed by atoms with Gasteiger partial charge in [0.25, 0.3) is 5.79 Å². The highest BCUT2D eigenvalue weighted by Crippen LogP contribution is 2.43. The van der Waals surface area contributed by atoms with Crippen molar-refractivity contribution < 1.29 is 28.5 Å². The van der Waals surface area contributed by atoms with Crippen LogP contribution in [0, 0.1) is 0 Å². The summed E-state index contributed by atoms with van der Waals surface area (Å²) in [5.41, 5.74) is 1.73. The molecule has 3 rings (SSSR count). The van der Waals surface area contributed by atoms with Gasteiger partial charge in [-0.2, -0.15) is 0 Å². The van der Waals surface area contributed by atoms with Crippen molar-refractivity contribution in [2.75, 3.05) is 20.8 Å². The van der Waals surface area contributed by atoms with E-state index in [1.165, 1.54) is 6.92 Å². The van der Waals surface area contributed by atoms with Crippen molar-refractivity contribution in [3.05, 3.63) is 53.6 Å². The molecule has 2 aromatic rings. The predicted molar refractivity (Wildman–Crippen MR) is 99.2 cm³/mol. The van der Waals surface area contributed by atoms with Crippen LogP contribution in [0.15, 0.2) is 42.5 Å². The summed E-state index contributed by atoms with van der Waals surface area (Å²) >= 11 is 0. The summed E-state index contributed by atoms with van der Waals surface area (Å²) < 4.78 is 28.6. The molecule has 0 saturated carbocycles. The first-order valence-corrected chi connectivity index (χ1v) is 8.84. The lowest BCUT2D eigenvalue weighted by atomic mass is 9.91. The lowest BCUT2D eigenvalue weighted by Crippen LogP contribution is -2.51. The third kappa shape index (κ3) is 3.77. The minimum absolute atomic E-state index is 0.363. The Bertz CT molecular complexity index is 801. The number of carbonyl (C=O) groups is 1. The Morgan fingerprint density at radius 2 is 1.85 bits per heavy atom. The highest BCUT2D eigenvalue weighted by Gasteiger charge is 2.48.